The minimum absolute atomic E-state index is 0.122. The van der Waals surface area contributed by atoms with Crippen LogP contribution in [-0.4, -0.2) is 35.5 Å². The van der Waals surface area contributed by atoms with Crippen molar-refractivity contribution >= 4 is 0 Å². The Bertz CT molecular complexity index is 171. The molecular weight excluding hydrogens is 178 g/mol. The van der Waals surface area contributed by atoms with Crippen LogP contribution in [0, 0.1) is 5.41 Å². The molecular formula is C11H23NO2. The zero-order valence-corrected chi connectivity index (χ0v) is 9.29. The van der Waals surface area contributed by atoms with E-state index in [-0.39, 0.29) is 24.2 Å². The minimum Gasteiger partial charge on any atom is -0.396 e. The van der Waals surface area contributed by atoms with Crippen molar-refractivity contribution in [2.75, 3.05) is 13.2 Å². The Labute approximate surface area is 86.5 Å². The lowest BCUT2D eigenvalue weighted by atomic mass is 9.89. The van der Waals surface area contributed by atoms with Crippen LogP contribution in [0.3, 0.4) is 0 Å². The molecule has 1 rings (SSSR count). The molecule has 0 aromatic rings. The van der Waals surface area contributed by atoms with E-state index in [0.717, 1.165) is 32.2 Å². The molecule has 0 radical (unpaired) electrons. The molecule has 0 saturated heterocycles. The van der Waals surface area contributed by atoms with Gasteiger partial charge in [0.25, 0.3) is 0 Å². The Kier molecular flexibility index (Phi) is 4.35. The van der Waals surface area contributed by atoms with E-state index >= 15 is 0 Å². The number of aliphatic hydroxyl groups excluding tert-OH is 2. The number of aliphatic hydroxyl groups is 2. The van der Waals surface area contributed by atoms with E-state index in [2.05, 4.69) is 19.2 Å². The monoisotopic (exact) mass is 201 g/mol. The Morgan fingerprint density at radius 3 is 2.57 bits per heavy atom. The van der Waals surface area contributed by atoms with Crippen molar-refractivity contribution in [1.82, 2.24) is 5.32 Å². The van der Waals surface area contributed by atoms with Crippen molar-refractivity contribution in [3.8, 4) is 0 Å². The second-order valence-electron chi connectivity index (χ2n) is 5.12. The van der Waals surface area contributed by atoms with Gasteiger partial charge in [-0.2, -0.15) is 0 Å². The van der Waals surface area contributed by atoms with Crippen LogP contribution >= 0.6 is 0 Å². The van der Waals surface area contributed by atoms with E-state index in [9.17, 15) is 5.11 Å². The SMILES string of the molecule is CC(C)(CCO)CNC1CCCC1O. The van der Waals surface area contributed by atoms with Crippen LogP contribution < -0.4 is 5.32 Å². The van der Waals surface area contributed by atoms with Gasteiger partial charge < -0.3 is 15.5 Å². The third kappa shape index (κ3) is 3.56. The molecule has 14 heavy (non-hydrogen) atoms. The first-order valence-electron chi connectivity index (χ1n) is 5.57. The minimum atomic E-state index is -0.167. The van der Waals surface area contributed by atoms with Gasteiger partial charge in [0.1, 0.15) is 0 Å². The van der Waals surface area contributed by atoms with Gasteiger partial charge in [0.05, 0.1) is 6.10 Å². The summed E-state index contributed by atoms with van der Waals surface area (Å²) in [6, 6.07) is 0.271. The van der Waals surface area contributed by atoms with Crippen LogP contribution in [0.25, 0.3) is 0 Å². The maximum absolute atomic E-state index is 9.60. The predicted octanol–water partition coefficient (Wildman–Crippen LogP) is 0.898. The van der Waals surface area contributed by atoms with Crippen LogP contribution in [0.1, 0.15) is 39.5 Å². The van der Waals surface area contributed by atoms with E-state index in [1.807, 2.05) is 0 Å². The summed E-state index contributed by atoms with van der Waals surface area (Å²) in [5, 5.41) is 21.9. The van der Waals surface area contributed by atoms with Gasteiger partial charge in [-0.05, 0) is 31.1 Å². The first kappa shape index (κ1) is 12.0. The molecule has 1 fully saturated rings. The zero-order valence-electron chi connectivity index (χ0n) is 9.29. The fourth-order valence-corrected chi connectivity index (χ4v) is 1.98. The van der Waals surface area contributed by atoms with Gasteiger partial charge in [0, 0.05) is 19.2 Å². The Balaban J connectivity index is 2.25. The number of hydrogen-bond acceptors (Lipinski definition) is 3. The number of hydrogen-bond donors (Lipinski definition) is 3. The second kappa shape index (κ2) is 5.10. The van der Waals surface area contributed by atoms with Crippen LogP contribution in [0.5, 0.6) is 0 Å². The second-order valence-corrected chi connectivity index (χ2v) is 5.12. The molecule has 0 heterocycles. The molecule has 3 N–H and O–H groups in total. The van der Waals surface area contributed by atoms with Crippen LogP contribution in [-0.2, 0) is 0 Å². The standard InChI is InChI=1S/C11H23NO2/c1-11(2,6-7-13)8-12-9-4-3-5-10(9)14/h9-10,12-14H,3-8H2,1-2H3. The van der Waals surface area contributed by atoms with Gasteiger partial charge in [-0.3, -0.25) is 0 Å². The van der Waals surface area contributed by atoms with E-state index < -0.39 is 0 Å². The molecule has 0 aromatic carbocycles. The molecule has 1 aliphatic rings. The van der Waals surface area contributed by atoms with Gasteiger partial charge in [-0.1, -0.05) is 13.8 Å². The smallest absolute Gasteiger partial charge is 0.0693 e. The molecule has 2 atom stereocenters. The number of rotatable bonds is 5. The van der Waals surface area contributed by atoms with Crippen molar-refractivity contribution in [2.45, 2.75) is 51.7 Å². The molecule has 1 saturated carbocycles. The van der Waals surface area contributed by atoms with Gasteiger partial charge in [-0.15, -0.1) is 0 Å². The Hall–Kier alpha value is -0.120. The third-order valence-electron chi connectivity index (χ3n) is 3.11. The Morgan fingerprint density at radius 1 is 1.36 bits per heavy atom. The first-order chi connectivity index (χ1) is 6.55. The van der Waals surface area contributed by atoms with Gasteiger partial charge in [0.2, 0.25) is 0 Å². The van der Waals surface area contributed by atoms with Crippen LogP contribution in [0.15, 0.2) is 0 Å². The first-order valence-corrected chi connectivity index (χ1v) is 5.57. The summed E-state index contributed by atoms with van der Waals surface area (Å²) in [5.41, 5.74) is 0.122. The number of nitrogens with one attached hydrogen (secondary N) is 1. The van der Waals surface area contributed by atoms with E-state index in [4.69, 9.17) is 5.11 Å². The van der Waals surface area contributed by atoms with Gasteiger partial charge >= 0.3 is 0 Å². The highest BCUT2D eigenvalue weighted by Gasteiger charge is 2.26. The topological polar surface area (TPSA) is 52.5 Å². The van der Waals surface area contributed by atoms with E-state index in [1.165, 1.54) is 0 Å². The maximum atomic E-state index is 9.60. The molecule has 0 spiro atoms. The molecule has 0 bridgehead atoms. The fourth-order valence-electron chi connectivity index (χ4n) is 1.98. The molecule has 3 nitrogen and oxygen atoms in total. The summed E-state index contributed by atoms with van der Waals surface area (Å²) in [5.74, 6) is 0. The summed E-state index contributed by atoms with van der Waals surface area (Å²) in [7, 11) is 0. The van der Waals surface area contributed by atoms with Crippen LogP contribution in [0.2, 0.25) is 0 Å². The van der Waals surface area contributed by atoms with Crippen molar-refractivity contribution in [3.05, 3.63) is 0 Å². The molecule has 0 amide bonds. The van der Waals surface area contributed by atoms with Gasteiger partial charge in [0.15, 0.2) is 0 Å². The summed E-state index contributed by atoms with van der Waals surface area (Å²) in [6.45, 7) is 5.38. The van der Waals surface area contributed by atoms with Crippen LogP contribution in [0.4, 0.5) is 0 Å². The lowest BCUT2D eigenvalue weighted by Gasteiger charge is -2.27. The zero-order chi connectivity index (χ0) is 10.6. The maximum Gasteiger partial charge on any atom is 0.0693 e. The average Bonchev–Trinajstić information content (AvgIpc) is 2.48. The quantitative estimate of drug-likeness (QED) is 0.619. The summed E-state index contributed by atoms with van der Waals surface area (Å²) >= 11 is 0. The highest BCUT2D eigenvalue weighted by atomic mass is 16.3. The molecule has 84 valence electrons. The van der Waals surface area contributed by atoms with Crippen molar-refractivity contribution in [3.63, 3.8) is 0 Å². The molecule has 2 unspecified atom stereocenters. The predicted molar refractivity (Wildman–Crippen MR) is 57.1 cm³/mol. The normalized spacial score (nSPS) is 28.3. The highest BCUT2D eigenvalue weighted by molar-refractivity contribution is 4.84. The van der Waals surface area contributed by atoms with Gasteiger partial charge in [-0.25, -0.2) is 0 Å². The lowest BCUT2D eigenvalue weighted by molar-refractivity contribution is 0.136. The van der Waals surface area contributed by atoms with E-state index in [1.54, 1.807) is 0 Å². The lowest BCUT2D eigenvalue weighted by Crippen LogP contribution is -2.41. The van der Waals surface area contributed by atoms with Crippen molar-refractivity contribution in [1.29, 1.82) is 0 Å². The fraction of sp³-hybridized carbons (Fsp3) is 1.00. The molecule has 3 heteroatoms. The van der Waals surface area contributed by atoms with Crippen molar-refractivity contribution in [2.24, 2.45) is 5.41 Å². The molecule has 0 aliphatic heterocycles. The summed E-state index contributed by atoms with van der Waals surface area (Å²) < 4.78 is 0. The van der Waals surface area contributed by atoms with E-state index in [0.29, 0.717) is 0 Å². The summed E-state index contributed by atoms with van der Waals surface area (Å²) in [4.78, 5) is 0. The molecule has 1 aliphatic carbocycles. The van der Waals surface area contributed by atoms with Crippen molar-refractivity contribution < 1.29 is 10.2 Å². The highest BCUT2D eigenvalue weighted by Crippen LogP contribution is 2.22. The molecule has 0 aromatic heterocycles. The third-order valence-corrected chi connectivity index (χ3v) is 3.11. The largest absolute Gasteiger partial charge is 0.396 e. The summed E-state index contributed by atoms with van der Waals surface area (Å²) in [6.07, 6.45) is 3.77. The Morgan fingerprint density at radius 2 is 2.07 bits per heavy atom. The average molecular weight is 201 g/mol.